The maximum absolute atomic E-state index is 12.4. The van der Waals surface area contributed by atoms with Crippen LogP contribution in [0.3, 0.4) is 0 Å². The van der Waals surface area contributed by atoms with Crippen LogP contribution in [0, 0.1) is 20.8 Å². The zero-order chi connectivity index (χ0) is 17.3. The Labute approximate surface area is 140 Å². The summed E-state index contributed by atoms with van der Waals surface area (Å²) in [6.07, 6.45) is 3.04. The molecule has 0 radical (unpaired) electrons. The molecule has 7 nitrogen and oxygen atoms in total. The van der Waals surface area contributed by atoms with Crippen molar-refractivity contribution < 1.29 is 14.0 Å². The van der Waals surface area contributed by atoms with Crippen molar-refractivity contribution in [2.45, 2.75) is 39.7 Å². The Morgan fingerprint density at radius 3 is 2.54 bits per heavy atom. The number of aromatic nitrogens is 2. The third-order valence-corrected chi connectivity index (χ3v) is 4.34. The standard InChI is InChI=1S/C17H22N4O3/c1-10-8-14(11(2)24-10)16(22)20-13-4-6-21(7-5-13)17(23)15-9-18-12(3)19-15/h8-9,13H,4-7H2,1-3H3,(H,18,19)(H,20,22). The van der Waals surface area contributed by atoms with E-state index in [4.69, 9.17) is 4.42 Å². The number of nitrogens with zero attached hydrogens (tertiary/aromatic N) is 2. The number of hydrogen-bond donors (Lipinski definition) is 2. The third kappa shape index (κ3) is 3.34. The van der Waals surface area contributed by atoms with Crippen LogP contribution in [0.4, 0.5) is 0 Å². The van der Waals surface area contributed by atoms with Crippen molar-refractivity contribution in [3.63, 3.8) is 0 Å². The van der Waals surface area contributed by atoms with E-state index in [0.717, 1.165) is 24.4 Å². The van der Waals surface area contributed by atoms with Gasteiger partial charge in [-0.25, -0.2) is 4.98 Å². The van der Waals surface area contributed by atoms with E-state index in [-0.39, 0.29) is 17.9 Å². The van der Waals surface area contributed by atoms with Crippen LogP contribution in [0.1, 0.15) is 51.0 Å². The first-order valence-electron chi connectivity index (χ1n) is 8.13. The highest BCUT2D eigenvalue weighted by atomic mass is 16.3. The summed E-state index contributed by atoms with van der Waals surface area (Å²) < 4.78 is 5.40. The lowest BCUT2D eigenvalue weighted by atomic mass is 10.0. The molecule has 128 valence electrons. The van der Waals surface area contributed by atoms with Gasteiger partial charge in [0.05, 0.1) is 11.8 Å². The SMILES string of the molecule is Cc1ncc(C(=O)N2CCC(NC(=O)c3cc(C)oc3C)CC2)[nH]1. The maximum atomic E-state index is 12.4. The Morgan fingerprint density at radius 1 is 1.29 bits per heavy atom. The smallest absolute Gasteiger partial charge is 0.271 e. The molecule has 2 aromatic rings. The highest BCUT2D eigenvalue weighted by Gasteiger charge is 2.26. The van der Waals surface area contributed by atoms with Crippen molar-refractivity contribution in [1.29, 1.82) is 0 Å². The molecule has 0 saturated carbocycles. The molecule has 1 saturated heterocycles. The number of imidazole rings is 1. The summed E-state index contributed by atoms with van der Waals surface area (Å²) in [6.45, 7) is 6.66. The van der Waals surface area contributed by atoms with Crippen LogP contribution in [0.25, 0.3) is 0 Å². The van der Waals surface area contributed by atoms with Gasteiger partial charge >= 0.3 is 0 Å². The van der Waals surface area contributed by atoms with E-state index in [1.54, 1.807) is 24.1 Å². The fourth-order valence-electron chi connectivity index (χ4n) is 3.05. The molecule has 0 aromatic carbocycles. The second-order valence-corrected chi connectivity index (χ2v) is 6.25. The lowest BCUT2D eigenvalue weighted by Gasteiger charge is -2.32. The first-order valence-corrected chi connectivity index (χ1v) is 8.13. The molecule has 1 aliphatic heterocycles. The van der Waals surface area contributed by atoms with Crippen molar-refractivity contribution in [3.05, 3.63) is 40.9 Å². The molecule has 0 spiro atoms. The third-order valence-electron chi connectivity index (χ3n) is 4.34. The molecule has 0 aliphatic carbocycles. The largest absolute Gasteiger partial charge is 0.466 e. The zero-order valence-electron chi connectivity index (χ0n) is 14.2. The van der Waals surface area contributed by atoms with Gasteiger partial charge in [0.2, 0.25) is 0 Å². The number of hydrogen-bond acceptors (Lipinski definition) is 4. The Kier molecular flexibility index (Phi) is 4.42. The number of carbonyl (C=O) groups is 2. The molecule has 2 amide bonds. The summed E-state index contributed by atoms with van der Waals surface area (Å²) in [5.74, 6) is 1.94. The summed E-state index contributed by atoms with van der Waals surface area (Å²) in [5.41, 5.74) is 1.10. The number of rotatable bonds is 3. The first kappa shape index (κ1) is 16.3. The Morgan fingerprint density at radius 2 is 2.00 bits per heavy atom. The van der Waals surface area contributed by atoms with Crippen LogP contribution >= 0.6 is 0 Å². The van der Waals surface area contributed by atoms with Crippen molar-refractivity contribution in [2.75, 3.05) is 13.1 Å². The van der Waals surface area contributed by atoms with Crippen molar-refractivity contribution >= 4 is 11.8 Å². The van der Waals surface area contributed by atoms with Gasteiger partial charge in [-0.15, -0.1) is 0 Å². The summed E-state index contributed by atoms with van der Waals surface area (Å²) >= 11 is 0. The molecule has 3 heterocycles. The topological polar surface area (TPSA) is 91.2 Å². The number of aromatic amines is 1. The van der Waals surface area contributed by atoms with E-state index in [9.17, 15) is 9.59 Å². The summed E-state index contributed by atoms with van der Waals surface area (Å²) in [4.78, 5) is 33.5. The molecular formula is C17H22N4O3. The minimum absolute atomic E-state index is 0.0401. The van der Waals surface area contributed by atoms with Crippen LogP contribution < -0.4 is 5.32 Å². The zero-order valence-corrected chi connectivity index (χ0v) is 14.2. The number of likely N-dealkylation sites (tertiary alicyclic amines) is 1. The van der Waals surface area contributed by atoms with Crippen LogP contribution in [0.15, 0.2) is 16.7 Å². The number of aryl methyl sites for hydroxylation is 3. The van der Waals surface area contributed by atoms with Gasteiger partial charge in [0.15, 0.2) is 0 Å². The Balaban J connectivity index is 1.54. The predicted molar refractivity (Wildman–Crippen MR) is 87.9 cm³/mol. The van der Waals surface area contributed by atoms with E-state index in [1.807, 2.05) is 13.8 Å². The number of piperidine rings is 1. The van der Waals surface area contributed by atoms with E-state index < -0.39 is 0 Å². The highest BCUT2D eigenvalue weighted by molar-refractivity contribution is 5.95. The average molecular weight is 330 g/mol. The van der Waals surface area contributed by atoms with Gasteiger partial charge in [-0.3, -0.25) is 9.59 Å². The lowest BCUT2D eigenvalue weighted by Crippen LogP contribution is -2.46. The Hall–Kier alpha value is -2.57. The summed E-state index contributed by atoms with van der Waals surface area (Å²) in [6, 6.07) is 1.82. The minimum atomic E-state index is -0.113. The van der Waals surface area contributed by atoms with Crippen LogP contribution in [-0.2, 0) is 0 Å². The van der Waals surface area contributed by atoms with Crippen molar-refractivity contribution in [2.24, 2.45) is 0 Å². The fraction of sp³-hybridized carbons (Fsp3) is 0.471. The number of nitrogens with one attached hydrogen (secondary N) is 2. The van der Waals surface area contributed by atoms with Gasteiger partial charge in [-0.2, -0.15) is 0 Å². The van der Waals surface area contributed by atoms with Gasteiger partial charge in [0.25, 0.3) is 11.8 Å². The van der Waals surface area contributed by atoms with Crippen LogP contribution in [0.5, 0.6) is 0 Å². The molecular weight excluding hydrogens is 308 g/mol. The van der Waals surface area contributed by atoms with Crippen LogP contribution in [0.2, 0.25) is 0 Å². The quantitative estimate of drug-likeness (QED) is 0.900. The second kappa shape index (κ2) is 6.51. The molecule has 2 N–H and O–H groups in total. The number of amides is 2. The van der Waals surface area contributed by atoms with Gasteiger partial charge in [0, 0.05) is 19.1 Å². The summed E-state index contributed by atoms with van der Waals surface area (Å²) in [5, 5.41) is 3.04. The fourth-order valence-corrected chi connectivity index (χ4v) is 3.05. The van der Waals surface area contributed by atoms with Gasteiger partial charge in [-0.05, 0) is 39.7 Å². The van der Waals surface area contributed by atoms with Gasteiger partial charge in [0.1, 0.15) is 23.0 Å². The number of carbonyl (C=O) groups excluding carboxylic acids is 2. The highest BCUT2D eigenvalue weighted by Crippen LogP contribution is 2.17. The molecule has 0 unspecified atom stereocenters. The van der Waals surface area contributed by atoms with Gasteiger partial charge in [-0.1, -0.05) is 0 Å². The normalized spacial score (nSPS) is 15.5. The van der Waals surface area contributed by atoms with E-state index >= 15 is 0 Å². The molecule has 1 aliphatic rings. The monoisotopic (exact) mass is 330 g/mol. The van der Waals surface area contributed by atoms with Crippen molar-refractivity contribution in [1.82, 2.24) is 20.2 Å². The molecule has 0 bridgehead atoms. The number of furan rings is 1. The van der Waals surface area contributed by atoms with Crippen LogP contribution in [-0.4, -0.2) is 45.8 Å². The molecule has 3 rings (SSSR count). The Bertz CT molecular complexity index is 754. The molecule has 2 aromatic heterocycles. The predicted octanol–water partition coefficient (Wildman–Crippen LogP) is 1.96. The lowest BCUT2D eigenvalue weighted by molar-refractivity contribution is 0.0693. The van der Waals surface area contributed by atoms with Crippen molar-refractivity contribution in [3.8, 4) is 0 Å². The molecule has 1 fully saturated rings. The molecule has 0 atom stereocenters. The maximum Gasteiger partial charge on any atom is 0.271 e. The van der Waals surface area contributed by atoms with Gasteiger partial charge < -0.3 is 19.6 Å². The van der Waals surface area contributed by atoms with E-state index in [1.165, 1.54) is 0 Å². The molecule has 7 heteroatoms. The minimum Gasteiger partial charge on any atom is -0.466 e. The molecule has 24 heavy (non-hydrogen) atoms. The first-order chi connectivity index (χ1) is 11.4. The average Bonchev–Trinajstić information content (AvgIpc) is 3.12. The second-order valence-electron chi connectivity index (χ2n) is 6.25. The van der Waals surface area contributed by atoms with E-state index in [2.05, 4.69) is 15.3 Å². The van der Waals surface area contributed by atoms with E-state index in [0.29, 0.717) is 30.1 Å². The number of H-pyrrole nitrogens is 1. The summed E-state index contributed by atoms with van der Waals surface area (Å²) in [7, 11) is 0.